The summed E-state index contributed by atoms with van der Waals surface area (Å²) >= 11 is 7.10. The van der Waals surface area contributed by atoms with Gasteiger partial charge in [0.1, 0.15) is 5.56 Å². The summed E-state index contributed by atoms with van der Waals surface area (Å²) in [6, 6.07) is 1.15. The van der Waals surface area contributed by atoms with Crippen LogP contribution in [0, 0.1) is 13.8 Å². The highest BCUT2D eigenvalue weighted by Gasteiger charge is 2.27. The van der Waals surface area contributed by atoms with Crippen LogP contribution >= 0.6 is 34.2 Å². The molecule has 4 nitrogen and oxygen atoms in total. The third kappa shape index (κ3) is 2.27. The maximum atomic E-state index is 12.3. The van der Waals surface area contributed by atoms with Gasteiger partial charge in [-0.3, -0.25) is 0 Å². The van der Waals surface area contributed by atoms with Gasteiger partial charge in [0, 0.05) is 28.7 Å². The number of rotatable bonds is 2. The quantitative estimate of drug-likeness (QED) is 0.361. The highest BCUT2D eigenvalue weighted by Crippen LogP contribution is 2.34. The molecule has 1 aromatic rings. The average molecular weight is 334 g/mol. The fraction of sp³-hybridized carbons (Fsp3) is 0.167. The number of aromatic nitrogens is 1. The van der Waals surface area contributed by atoms with Crippen LogP contribution in [0.15, 0.2) is 6.07 Å². The molecule has 0 amide bonds. The Bertz CT molecular complexity index is 388. The Morgan fingerprint density at radius 2 is 2.21 bits per heavy atom. The standard InChI is InChI=1S/C6H2ClF2IN2O2/c7-2-1-3(10)11-6(12(13)14)4(2)5(8)9/h1,5H. The zero-order valence-electron chi connectivity index (χ0n) is 6.38. The normalized spacial score (nSPS) is 10.6. The molecule has 1 rings (SSSR count). The third-order valence-corrected chi connectivity index (χ3v) is 2.21. The zero-order chi connectivity index (χ0) is 10.9. The molecule has 0 atom stereocenters. The van der Waals surface area contributed by atoms with Crippen molar-refractivity contribution in [2.24, 2.45) is 0 Å². The second kappa shape index (κ2) is 4.30. The fourth-order valence-corrected chi connectivity index (χ4v) is 1.82. The van der Waals surface area contributed by atoms with E-state index in [1.54, 1.807) is 22.6 Å². The van der Waals surface area contributed by atoms with E-state index in [1.165, 1.54) is 0 Å². The summed E-state index contributed by atoms with van der Waals surface area (Å²) in [5, 5.41) is 10.0. The van der Waals surface area contributed by atoms with E-state index < -0.39 is 22.7 Å². The van der Waals surface area contributed by atoms with Crippen molar-refractivity contribution in [1.82, 2.24) is 4.98 Å². The monoisotopic (exact) mass is 334 g/mol. The number of halogens is 4. The van der Waals surface area contributed by atoms with Gasteiger partial charge in [-0.2, -0.15) is 0 Å². The minimum absolute atomic E-state index is 0.198. The predicted octanol–water partition coefficient (Wildman–Crippen LogP) is 3.19. The molecule has 0 saturated heterocycles. The SMILES string of the molecule is O=[N+]([O-])c1nc(I)cc(Cl)c1C(F)F. The summed E-state index contributed by atoms with van der Waals surface area (Å²) in [6.07, 6.45) is -3.01. The van der Waals surface area contributed by atoms with E-state index in [-0.39, 0.29) is 8.72 Å². The van der Waals surface area contributed by atoms with Crippen molar-refractivity contribution in [2.75, 3.05) is 0 Å². The summed E-state index contributed by atoms with van der Waals surface area (Å²) < 4.78 is 24.9. The highest BCUT2D eigenvalue weighted by molar-refractivity contribution is 14.1. The Morgan fingerprint density at radius 1 is 1.64 bits per heavy atom. The lowest BCUT2D eigenvalue weighted by molar-refractivity contribution is -0.391. The number of nitrogens with zero attached hydrogens (tertiary/aromatic N) is 2. The van der Waals surface area contributed by atoms with Crippen molar-refractivity contribution < 1.29 is 13.7 Å². The molecule has 1 heterocycles. The number of pyridine rings is 1. The molecular weight excluding hydrogens is 332 g/mol. The van der Waals surface area contributed by atoms with Crippen molar-refractivity contribution in [1.29, 1.82) is 0 Å². The summed E-state index contributed by atoms with van der Waals surface area (Å²) in [4.78, 5) is 12.8. The Morgan fingerprint density at radius 3 is 2.64 bits per heavy atom. The van der Waals surface area contributed by atoms with E-state index >= 15 is 0 Å². The molecule has 1 aromatic heterocycles. The molecular formula is C6H2ClF2IN2O2. The molecule has 0 aromatic carbocycles. The lowest BCUT2D eigenvalue weighted by Gasteiger charge is -2.03. The fourth-order valence-electron chi connectivity index (χ4n) is 0.824. The summed E-state index contributed by atoms with van der Waals surface area (Å²) in [5.41, 5.74) is -0.836. The molecule has 76 valence electrons. The van der Waals surface area contributed by atoms with Crippen LogP contribution in [0.5, 0.6) is 0 Å². The Labute approximate surface area is 95.6 Å². The molecule has 0 saturated carbocycles. The second-order valence-electron chi connectivity index (χ2n) is 2.22. The Balaban J connectivity index is 3.44. The van der Waals surface area contributed by atoms with Gasteiger partial charge in [0.05, 0.1) is 5.02 Å². The first-order valence-corrected chi connectivity index (χ1v) is 4.67. The molecule has 0 radical (unpaired) electrons. The van der Waals surface area contributed by atoms with Gasteiger partial charge < -0.3 is 10.1 Å². The predicted molar refractivity (Wildman–Crippen MR) is 53.6 cm³/mol. The van der Waals surface area contributed by atoms with Crippen LogP contribution in [0.1, 0.15) is 12.0 Å². The van der Waals surface area contributed by atoms with Crippen LogP contribution in [0.3, 0.4) is 0 Å². The van der Waals surface area contributed by atoms with Crippen molar-refractivity contribution >= 4 is 40.0 Å². The molecule has 0 N–H and O–H groups in total. The first-order valence-electron chi connectivity index (χ1n) is 3.22. The lowest BCUT2D eigenvalue weighted by Crippen LogP contribution is -2.01. The average Bonchev–Trinajstić information content (AvgIpc) is 2.01. The molecule has 0 unspecified atom stereocenters. The molecule has 0 fully saturated rings. The van der Waals surface area contributed by atoms with Crippen molar-refractivity contribution in [3.63, 3.8) is 0 Å². The number of nitro groups is 1. The molecule has 0 aliphatic carbocycles. The van der Waals surface area contributed by atoms with E-state index in [0.717, 1.165) is 6.07 Å². The smallest absolute Gasteiger partial charge is 0.358 e. The summed E-state index contributed by atoms with van der Waals surface area (Å²) in [7, 11) is 0. The van der Waals surface area contributed by atoms with E-state index in [2.05, 4.69) is 4.98 Å². The van der Waals surface area contributed by atoms with E-state index in [0.29, 0.717) is 0 Å². The highest BCUT2D eigenvalue weighted by atomic mass is 127. The molecule has 0 aliphatic rings. The van der Waals surface area contributed by atoms with Gasteiger partial charge in [-0.25, -0.2) is 8.78 Å². The van der Waals surface area contributed by atoms with Gasteiger partial charge in [-0.15, -0.1) is 0 Å². The third-order valence-electron chi connectivity index (χ3n) is 1.35. The van der Waals surface area contributed by atoms with Crippen molar-refractivity contribution in [3.05, 3.63) is 30.5 Å². The first kappa shape index (κ1) is 11.5. The summed E-state index contributed by atoms with van der Waals surface area (Å²) in [6.45, 7) is 0. The van der Waals surface area contributed by atoms with Crippen LogP contribution in [0.2, 0.25) is 5.02 Å². The van der Waals surface area contributed by atoms with Crippen LogP contribution in [-0.2, 0) is 0 Å². The minimum Gasteiger partial charge on any atom is -0.358 e. The number of hydrogen-bond donors (Lipinski definition) is 0. The topological polar surface area (TPSA) is 56.0 Å². The Hall–Kier alpha value is -0.570. The molecule has 0 bridgehead atoms. The maximum absolute atomic E-state index is 12.3. The van der Waals surface area contributed by atoms with Gasteiger partial charge >= 0.3 is 5.82 Å². The van der Waals surface area contributed by atoms with Gasteiger partial charge in [0.15, 0.2) is 0 Å². The van der Waals surface area contributed by atoms with Crippen molar-refractivity contribution in [2.45, 2.75) is 6.43 Å². The minimum atomic E-state index is -3.01. The Kier molecular flexibility index (Phi) is 3.53. The maximum Gasteiger partial charge on any atom is 0.375 e. The van der Waals surface area contributed by atoms with Crippen LogP contribution in [0.4, 0.5) is 14.6 Å². The van der Waals surface area contributed by atoms with Gasteiger partial charge in [-0.05, 0) is 9.91 Å². The largest absolute Gasteiger partial charge is 0.375 e. The zero-order valence-corrected chi connectivity index (χ0v) is 9.29. The molecule has 0 spiro atoms. The number of alkyl halides is 2. The number of hydrogen-bond acceptors (Lipinski definition) is 3. The lowest BCUT2D eigenvalue weighted by atomic mass is 10.2. The van der Waals surface area contributed by atoms with Crippen LogP contribution in [-0.4, -0.2) is 9.91 Å². The molecule has 8 heteroatoms. The van der Waals surface area contributed by atoms with Gasteiger partial charge in [0.25, 0.3) is 6.43 Å². The van der Waals surface area contributed by atoms with E-state index in [9.17, 15) is 18.9 Å². The van der Waals surface area contributed by atoms with Crippen LogP contribution < -0.4 is 0 Å². The molecule has 0 aliphatic heterocycles. The van der Waals surface area contributed by atoms with Gasteiger partial charge in [0.2, 0.25) is 3.70 Å². The molecule has 14 heavy (non-hydrogen) atoms. The van der Waals surface area contributed by atoms with E-state index in [4.69, 9.17) is 11.6 Å². The summed E-state index contributed by atoms with van der Waals surface area (Å²) in [5.74, 6) is -0.892. The van der Waals surface area contributed by atoms with Gasteiger partial charge in [-0.1, -0.05) is 11.6 Å². The van der Waals surface area contributed by atoms with Crippen molar-refractivity contribution in [3.8, 4) is 0 Å². The first-order chi connectivity index (χ1) is 6.43. The van der Waals surface area contributed by atoms with Crippen LogP contribution in [0.25, 0.3) is 0 Å². The van der Waals surface area contributed by atoms with E-state index in [1.807, 2.05) is 0 Å². The second-order valence-corrected chi connectivity index (χ2v) is 3.73.